The number of aryl methyl sites for hydroxylation is 1. The Kier molecular flexibility index (Phi) is 8.00. The van der Waals surface area contributed by atoms with Crippen molar-refractivity contribution in [1.82, 2.24) is 14.7 Å². The number of nitrogens with zero attached hydrogens (tertiary/aromatic N) is 3. The highest BCUT2D eigenvalue weighted by atomic mass is 16.5. The highest BCUT2D eigenvalue weighted by Crippen LogP contribution is 2.35. The van der Waals surface area contributed by atoms with E-state index in [0.29, 0.717) is 37.4 Å². The molecule has 1 heterocycles. The number of aromatic nitrogens is 2. The van der Waals surface area contributed by atoms with Gasteiger partial charge in [-0.05, 0) is 56.2 Å². The van der Waals surface area contributed by atoms with Gasteiger partial charge in [0.2, 0.25) is 5.88 Å². The van der Waals surface area contributed by atoms with Gasteiger partial charge in [-0.1, -0.05) is 24.3 Å². The van der Waals surface area contributed by atoms with Crippen LogP contribution in [0, 0.1) is 6.92 Å². The molecule has 1 atom stereocenters. The lowest BCUT2D eigenvalue weighted by atomic mass is 10.2. The van der Waals surface area contributed by atoms with Crippen molar-refractivity contribution in [2.75, 3.05) is 26.9 Å². The Balaban J connectivity index is 1.62. The molecule has 7 heteroatoms. The topological polar surface area (TPSA) is 69.0 Å². The summed E-state index contributed by atoms with van der Waals surface area (Å²) in [4.78, 5) is 2.31. The van der Waals surface area contributed by atoms with Gasteiger partial charge >= 0.3 is 0 Å². The van der Waals surface area contributed by atoms with Gasteiger partial charge in [0.15, 0.2) is 0 Å². The van der Waals surface area contributed by atoms with Crippen molar-refractivity contribution in [2.24, 2.45) is 0 Å². The quantitative estimate of drug-likeness (QED) is 0.297. The summed E-state index contributed by atoms with van der Waals surface area (Å²) < 4.78 is 19.0. The van der Waals surface area contributed by atoms with Crippen LogP contribution in [0.2, 0.25) is 0 Å². The number of benzene rings is 2. The maximum absolute atomic E-state index is 10.5. The molecule has 1 aliphatic rings. The average molecular weight is 464 g/mol. The molecule has 7 nitrogen and oxygen atoms in total. The Labute approximate surface area is 201 Å². The Morgan fingerprint density at radius 2 is 1.85 bits per heavy atom. The fourth-order valence-electron chi connectivity index (χ4n) is 3.92. The third-order valence-electron chi connectivity index (χ3n) is 5.83. The first kappa shape index (κ1) is 24.0. The number of methoxy groups -OCH3 is 1. The number of aliphatic hydroxyl groups excluding tert-OH is 1. The maximum Gasteiger partial charge on any atom is 0.227 e. The Bertz CT molecular complexity index is 1060. The van der Waals surface area contributed by atoms with Crippen molar-refractivity contribution in [3.63, 3.8) is 0 Å². The molecule has 1 fully saturated rings. The summed E-state index contributed by atoms with van der Waals surface area (Å²) >= 11 is 0. The molecule has 0 saturated heterocycles. The van der Waals surface area contributed by atoms with Crippen LogP contribution in [0.3, 0.4) is 0 Å². The molecule has 0 spiro atoms. The monoisotopic (exact) mass is 463 g/mol. The molecule has 1 aromatic heterocycles. The molecule has 0 bridgehead atoms. The maximum atomic E-state index is 10.5. The van der Waals surface area contributed by atoms with Crippen molar-refractivity contribution in [3.8, 4) is 23.1 Å². The van der Waals surface area contributed by atoms with Crippen molar-refractivity contribution < 1.29 is 19.3 Å². The molecule has 0 amide bonds. The summed E-state index contributed by atoms with van der Waals surface area (Å²) in [6.45, 7) is 7.54. The number of rotatable bonds is 13. The molecular weight excluding hydrogens is 430 g/mol. The Morgan fingerprint density at radius 1 is 1.15 bits per heavy atom. The molecule has 4 rings (SSSR count). The summed E-state index contributed by atoms with van der Waals surface area (Å²) in [6, 6.07) is 17.9. The van der Waals surface area contributed by atoms with E-state index in [9.17, 15) is 5.11 Å². The van der Waals surface area contributed by atoms with Crippen molar-refractivity contribution in [2.45, 2.75) is 38.5 Å². The van der Waals surface area contributed by atoms with E-state index in [4.69, 9.17) is 19.3 Å². The molecule has 34 heavy (non-hydrogen) atoms. The van der Waals surface area contributed by atoms with Crippen molar-refractivity contribution >= 4 is 0 Å². The molecule has 1 N–H and O–H groups in total. The van der Waals surface area contributed by atoms with E-state index in [2.05, 4.69) is 11.5 Å². The number of hydrogen-bond donors (Lipinski definition) is 1. The van der Waals surface area contributed by atoms with Crippen molar-refractivity contribution in [3.05, 3.63) is 78.5 Å². The predicted molar refractivity (Wildman–Crippen MR) is 132 cm³/mol. The van der Waals surface area contributed by atoms with Gasteiger partial charge in [0.05, 0.1) is 43.4 Å². The SMILES string of the molecule is C=CCOC[C@H](O)CN(Cc1c(C)nn(-c2ccccc2)c1Oc1ccc(OC)cc1)C1CC1. The molecular formula is C27H33N3O4. The lowest BCUT2D eigenvalue weighted by Gasteiger charge is -2.25. The third kappa shape index (κ3) is 6.05. The molecule has 3 aromatic rings. The summed E-state index contributed by atoms with van der Waals surface area (Å²) in [5.74, 6) is 2.15. The second-order valence-corrected chi connectivity index (χ2v) is 8.53. The van der Waals surface area contributed by atoms with Gasteiger partial charge in [-0.2, -0.15) is 5.10 Å². The third-order valence-corrected chi connectivity index (χ3v) is 5.83. The first-order valence-corrected chi connectivity index (χ1v) is 11.7. The van der Waals surface area contributed by atoms with Gasteiger partial charge < -0.3 is 19.3 Å². The van der Waals surface area contributed by atoms with Crippen LogP contribution in [0.5, 0.6) is 17.4 Å². The number of hydrogen-bond acceptors (Lipinski definition) is 6. The van der Waals surface area contributed by atoms with E-state index in [-0.39, 0.29) is 6.61 Å². The molecule has 0 unspecified atom stereocenters. The van der Waals surface area contributed by atoms with E-state index in [1.165, 1.54) is 0 Å². The van der Waals surface area contributed by atoms with Crippen LogP contribution in [0.1, 0.15) is 24.1 Å². The van der Waals surface area contributed by atoms with E-state index in [1.54, 1.807) is 13.2 Å². The molecule has 2 aromatic carbocycles. The van der Waals surface area contributed by atoms with Gasteiger partial charge in [-0.15, -0.1) is 6.58 Å². The zero-order chi connectivity index (χ0) is 23.9. The standard InChI is InChI=1S/C27H33N3O4/c1-4-16-33-19-23(31)17-29(21-10-11-21)18-26-20(2)28-30(22-8-6-5-7-9-22)27(26)34-25-14-12-24(32-3)13-15-25/h4-9,12-15,21,23,31H,1,10-11,16-19H2,2-3H3/t23-/m1/s1. The number of aliphatic hydroxyl groups is 1. The van der Waals surface area contributed by atoms with Crippen LogP contribution in [-0.4, -0.2) is 58.8 Å². The van der Waals surface area contributed by atoms with Gasteiger partial charge in [-0.25, -0.2) is 4.68 Å². The second-order valence-electron chi connectivity index (χ2n) is 8.53. The summed E-state index contributed by atoms with van der Waals surface area (Å²) in [7, 11) is 1.64. The van der Waals surface area contributed by atoms with Gasteiger partial charge in [0, 0.05) is 19.1 Å². The molecule has 1 saturated carbocycles. The van der Waals surface area contributed by atoms with Crippen LogP contribution in [0.15, 0.2) is 67.3 Å². The van der Waals surface area contributed by atoms with Gasteiger partial charge in [-0.3, -0.25) is 4.90 Å². The number of para-hydroxylation sites is 1. The van der Waals surface area contributed by atoms with Gasteiger partial charge in [0.1, 0.15) is 11.5 Å². The fraction of sp³-hybridized carbons (Fsp3) is 0.370. The predicted octanol–water partition coefficient (Wildman–Crippen LogP) is 4.51. The largest absolute Gasteiger partial charge is 0.497 e. The average Bonchev–Trinajstić information content (AvgIpc) is 3.66. The highest BCUT2D eigenvalue weighted by molar-refractivity contribution is 5.44. The van der Waals surface area contributed by atoms with Crippen molar-refractivity contribution in [1.29, 1.82) is 0 Å². The Morgan fingerprint density at radius 3 is 2.50 bits per heavy atom. The van der Waals surface area contributed by atoms with E-state index >= 15 is 0 Å². The second kappa shape index (κ2) is 11.3. The molecule has 180 valence electrons. The van der Waals surface area contributed by atoms with E-state index in [1.807, 2.05) is 66.2 Å². The van der Waals surface area contributed by atoms with E-state index in [0.717, 1.165) is 35.5 Å². The first-order chi connectivity index (χ1) is 16.6. The van der Waals surface area contributed by atoms with Crippen LogP contribution >= 0.6 is 0 Å². The van der Waals surface area contributed by atoms with Crippen LogP contribution in [-0.2, 0) is 11.3 Å². The first-order valence-electron chi connectivity index (χ1n) is 11.7. The lowest BCUT2D eigenvalue weighted by Crippen LogP contribution is -2.36. The number of ether oxygens (including phenoxy) is 3. The van der Waals surface area contributed by atoms with E-state index < -0.39 is 6.10 Å². The molecule has 1 aliphatic carbocycles. The van der Waals surface area contributed by atoms with Gasteiger partial charge in [0.25, 0.3) is 0 Å². The minimum Gasteiger partial charge on any atom is -0.497 e. The van der Waals surface area contributed by atoms with Crippen LogP contribution < -0.4 is 9.47 Å². The summed E-state index contributed by atoms with van der Waals surface area (Å²) in [5.41, 5.74) is 2.83. The normalized spacial score (nSPS) is 14.2. The van der Waals surface area contributed by atoms with Crippen LogP contribution in [0.4, 0.5) is 0 Å². The fourth-order valence-corrected chi connectivity index (χ4v) is 3.92. The van der Waals surface area contributed by atoms with Crippen LogP contribution in [0.25, 0.3) is 5.69 Å². The highest BCUT2D eigenvalue weighted by Gasteiger charge is 2.32. The minimum atomic E-state index is -0.573. The zero-order valence-electron chi connectivity index (χ0n) is 19.9. The summed E-state index contributed by atoms with van der Waals surface area (Å²) in [6.07, 6.45) is 3.37. The molecule has 0 aliphatic heterocycles. The zero-order valence-corrected chi connectivity index (χ0v) is 19.9. The lowest BCUT2D eigenvalue weighted by molar-refractivity contribution is 0.0226. The minimum absolute atomic E-state index is 0.284. The molecule has 0 radical (unpaired) electrons. The summed E-state index contributed by atoms with van der Waals surface area (Å²) in [5, 5.41) is 15.4. The Hall–Kier alpha value is -3.13. The smallest absolute Gasteiger partial charge is 0.227 e.